The van der Waals surface area contributed by atoms with Gasteiger partial charge in [-0.2, -0.15) is 0 Å². The molecule has 0 spiro atoms. The molecule has 21 heavy (non-hydrogen) atoms. The number of hydrogen-bond donors (Lipinski definition) is 1. The first-order valence-electron chi connectivity index (χ1n) is 7.32. The molecule has 2 aromatic rings. The van der Waals surface area contributed by atoms with Crippen LogP contribution in [0.3, 0.4) is 0 Å². The number of fused-ring (bicyclic) bond motifs is 1. The van der Waals surface area contributed by atoms with E-state index in [0.717, 1.165) is 25.3 Å². The molecule has 2 aliphatic heterocycles. The van der Waals surface area contributed by atoms with E-state index >= 15 is 0 Å². The van der Waals surface area contributed by atoms with Gasteiger partial charge in [-0.05, 0) is 17.2 Å². The maximum atomic E-state index is 5.58. The lowest BCUT2D eigenvalue weighted by Gasteiger charge is -2.19. The van der Waals surface area contributed by atoms with Crippen LogP contribution >= 0.6 is 0 Å². The van der Waals surface area contributed by atoms with Crippen molar-refractivity contribution in [3.63, 3.8) is 0 Å². The molecule has 1 fully saturated rings. The molecule has 6 nitrogen and oxygen atoms in total. The molecule has 0 bridgehead atoms. The van der Waals surface area contributed by atoms with Crippen LogP contribution in [0, 0.1) is 0 Å². The SMILES string of the molecule is c1cn([C@@H]2COC[C@@H]2NCc2ccc3c(c2)CCO3)nn1. The van der Waals surface area contributed by atoms with E-state index in [-0.39, 0.29) is 12.1 Å². The molecule has 0 saturated carbocycles. The Morgan fingerprint density at radius 3 is 3.24 bits per heavy atom. The molecule has 1 N–H and O–H groups in total. The van der Waals surface area contributed by atoms with Gasteiger partial charge in [0.2, 0.25) is 0 Å². The van der Waals surface area contributed by atoms with Crippen LogP contribution in [-0.2, 0) is 17.7 Å². The van der Waals surface area contributed by atoms with E-state index in [4.69, 9.17) is 9.47 Å². The zero-order valence-corrected chi connectivity index (χ0v) is 11.7. The number of nitrogens with one attached hydrogen (secondary N) is 1. The van der Waals surface area contributed by atoms with Crippen molar-refractivity contribution in [2.75, 3.05) is 19.8 Å². The van der Waals surface area contributed by atoms with E-state index < -0.39 is 0 Å². The predicted octanol–water partition coefficient (Wildman–Crippen LogP) is 0.943. The maximum absolute atomic E-state index is 5.58. The van der Waals surface area contributed by atoms with Crippen molar-refractivity contribution < 1.29 is 9.47 Å². The zero-order chi connectivity index (χ0) is 14.1. The zero-order valence-electron chi connectivity index (χ0n) is 11.7. The van der Waals surface area contributed by atoms with Crippen LogP contribution in [0.5, 0.6) is 5.75 Å². The summed E-state index contributed by atoms with van der Waals surface area (Å²) in [5, 5.41) is 11.5. The predicted molar refractivity (Wildman–Crippen MR) is 76.1 cm³/mol. The summed E-state index contributed by atoms with van der Waals surface area (Å²) in [6.45, 7) is 3.02. The summed E-state index contributed by atoms with van der Waals surface area (Å²) in [5.74, 6) is 1.03. The average Bonchev–Trinajstić information content (AvgIpc) is 3.24. The van der Waals surface area contributed by atoms with Gasteiger partial charge in [-0.1, -0.05) is 17.3 Å². The number of hydrogen-bond acceptors (Lipinski definition) is 5. The van der Waals surface area contributed by atoms with E-state index in [1.165, 1.54) is 11.1 Å². The molecule has 0 unspecified atom stereocenters. The second kappa shape index (κ2) is 5.46. The summed E-state index contributed by atoms with van der Waals surface area (Å²) in [4.78, 5) is 0. The highest BCUT2D eigenvalue weighted by molar-refractivity contribution is 5.39. The third-order valence-electron chi connectivity index (χ3n) is 4.15. The Hall–Kier alpha value is -1.92. The monoisotopic (exact) mass is 286 g/mol. The van der Waals surface area contributed by atoms with Gasteiger partial charge in [-0.3, -0.25) is 0 Å². The van der Waals surface area contributed by atoms with Crippen LogP contribution in [-0.4, -0.2) is 40.9 Å². The van der Waals surface area contributed by atoms with Crippen LogP contribution in [0.1, 0.15) is 17.2 Å². The van der Waals surface area contributed by atoms with Gasteiger partial charge >= 0.3 is 0 Å². The first kappa shape index (κ1) is 12.8. The van der Waals surface area contributed by atoms with Gasteiger partial charge in [-0.15, -0.1) is 5.10 Å². The smallest absolute Gasteiger partial charge is 0.122 e. The molecule has 0 amide bonds. The van der Waals surface area contributed by atoms with Gasteiger partial charge in [0.15, 0.2) is 0 Å². The number of ether oxygens (including phenoxy) is 2. The summed E-state index contributed by atoms with van der Waals surface area (Å²) >= 11 is 0. The fraction of sp³-hybridized carbons (Fsp3) is 0.467. The van der Waals surface area contributed by atoms with Gasteiger partial charge < -0.3 is 14.8 Å². The van der Waals surface area contributed by atoms with Crippen LogP contribution in [0.2, 0.25) is 0 Å². The lowest BCUT2D eigenvalue weighted by atomic mass is 10.1. The van der Waals surface area contributed by atoms with Crippen molar-refractivity contribution in [1.82, 2.24) is 20.3 Å². The Labute approximate surface area is 123 Å². The molecule has 0 radical (unpaired) electrons. The third-order valence-corrected chi connectivity index (χ3v) is 4.15. The van der Waals surface area contributed by atoms with Crippen LogP contribution in [0.25, 0.3) is 0 Å². The Balaban J connectivity index is 1.42. The van der Waals surface area contributed by atoms with E-state index in [9.17, 15) is 0 Å². The van der Waals surface area contributed by atoms with Crippen molar-refractivity contribution in [2.45, 2.75) is 25.0 Å². The number of benzene rings is 1. The van der Waals surface area contributed by atoms with Gasteiger partial charge in [-0.25, -0.2) is 4.68 Å². The summed E-state index contributed by atoms with van der Waals surface area (Å²) < 4.78 is 13.0. The molecule has 2 atom stereocenters. The van der Waals surface area contributed by atoms with Gasteiger partial charge in [0.05, 0.1) is 38.1 Å². The van der Waals surface area contributed by atoms with E-state index in [0.29, 0.717) is 13.2 Å². The molecule has 1 aromatic heterocycles. The Kier molecular flexibility index (Phi) is 3.33. The molecule has 0 aliphatic carbocycles. The minimum absolute atomic E-state index is 0.213. The molecular weight excluding hydrogens is 268 g/mol. The van der Waals surface area contributed by atoms with Crippen molar-refractivity contribution in [3.05, 3.63) is 41.7 Å². The molecule has 110 valence electrons. The molecule has 3 heterocycles. The highest BCUT2D eigenvalue weighted by atomic mass is 16.5. The summed E-state index contributed by atoms with van der Waals surface area (Å²) in [6, 6.07) is 6.90. The summed E-state index contributed by atoms with van der Waals surface area (Å²) in [6.07, 6.45) is 4.61. The van der Waals surface area contributed by atoms with Gasteiger partial charge in [0, 0.05) is 19.2 Å². The number of aromatic nitrogens is 3. The van der Waals surface area contributed by atoms with E-state index in [1.807, 2.05) is 10.9 Å². The normalized spacial score (nSPS) is 24.0. The quantitative estimate of drug-likeness (QED) is 0.906. The minimum Gasteiger partial charge on any atom is -0.493 e. The van der Waals surface area contributed by atoms with Crippen molar-refractivity contribution >= 4 is 0 Å². The second-order valence-corrected chi connectivity index (χ2v) is 5.52. The van der Waals surface area contributed by atoms with Crippen LogP contribution in [0.4, 0.5) is 0 Å². The highest BCUT2D eigenvalue weighted by Crippen LogP contribution is 2.26. The molecule has 4 rings (SSSR count). The Morgan fingerprint density at radius 1 is 1.33 bits per heavy atom. The molecular formula is C15H18N4O2. The second-order valence-electron chi connectivity index (χ2n) is 5.52. The van der Waals surface area contributed by atoms with E-state index in [1.54, 1.807) is 6.20 Å². The van der Waals surface area contributed by atoms with Crippen LogP contribution < -0.4 is 10.1 Å². The maximum Gasteiger partial charge on any atom is 0.122 e. The minimum atomic E-state index is 0.213. The highest BCUT2D eigenvalue weighted by Gasteiger charge is 2.29. The van der Waals surface area contributed by atoms with Crippen molar-refractivity contribution in [3.8, 4) is 5.75 Å². The first-order chi connectivity index (χ1) is 10.4. The Bertz CT molecular complexity index is 614. The van der Waals surface area contributed by atoms with Crippen LogP contribution in [0.15, 0.2) is 30.6 Å². The number of rotatable bonds is 4. The van der Waals surface area contributed by atoms with Gasteiger partial charge in [0.1, 0.15) is 5.75 Å². The van der Waals surface area contributed by atoms with Crippen molar-refractivity contribution in [2.24, 2.45) is 0 Å². The lowest BCUT2D eigenvalue weighted by molar-refractivity contribution is 0.181. The first-order valence-corrected chi connectivity index (χ1v) is 7.32. The van der Waals surface area contributed by atoms with Gasteiger partial charge in [0.25, 0.3) is 0 Å². The standard InChI is InChI=1S/C15H18N4O2/c1-2-15-12(3-6-21-15)7-11(1)8-16-13-9-20-10-14(13)19-5-4-17-18-19/h1-2,4-5,7,13-14,16H,3,6,8-10H2/t13-,14+/m0/s1. The molecule has 6 heteroatoms. The molecule has 1 saturated heterocycles. The summed E-state index contributed by atoms with van der Waals surface area (Å²) in [7, 11) is 0. The number of nitrogens with zero attached hydrogens (tertiary/aromatic N) is 3. The lowest BCUT2D eigenvalue weighted by Crippen LogP contribution is -2.36. The molecule has 2 aliphatic rings. The van der Waals surface area contributed by atoms with Crippen molar-refractivity contribution in [1.29, 1.82) is 0 Å². The molecule has 1 aromatic carbocycles. The fourth-order valence-electron chi connectivity index (χ4n) is 2.99. The van der Waals surface area contributed by atoms with E-state index in [2.05, 4.69) is 33.8 Å². The topological polar surface area (TPSA) is 61.2 Å². The average molecular weight is 286 g/mol. The largest absolute Gasteiger partial charge is 0.493 e. The fourth-order valence-corrected chi connectivity index (χ4v) is 2.99. The Morgan fingerprint density at radius 2 is 2.33 bits per heavy atom. The third kappa shape index (κ3) is 2.52. The summed E-state index contributed by atoms with van der Waals surface area (Å²) in [5.41, 5.74) is 2.59.